The molecular formula is C52H32N2OS. The Morgan fingerprint density at radius 1 is 0.429 bits per heavy atom. The van der Waals surface area contributed by atoms with Crippen LogP contribution in [0.5, 0.6) is 0 Å². The van der Waals surface area contributed by atoms with Crippen molar-refractivity contribution in [1.82, 2.24) is 4.57 Å². The fourth-order valence-electron chi connectivity index (χ4n) is 8.90. The molecule has 0 bridgehead atoms. The number of thiophene rings is 1. The maximum absolute atomic E-state index is 7.02. The van der Waals surface area contributed by atoms with Crippen molar-refractivity contribution in [2.24, 2.45) is 0 Å². The summed E-state index contributed by atoms with van der Waals surface area (Å²) in [7, 11) is 0. The second-order valence-electron chi connectivity index (χ2n) is 14.4. The van der Waals surface area contributed by atoms with Gasteiger partial charge in [0.15, 0.2) is 5.58 Å². The third-order valence-electron chi connectivity index (χ3n) is 11.4. The number of hydrogen-bond acceptors (Lipinski definition) is 3. The van der Waals surface area contributed by atoms with E-state index >= 15 is 0 Å². The minimum absolute atomic E-state index is 0.863. The highest BCUT2D eigenvalue weighted by Gasteiger charge is 2.24. The van der Waals surface area contributed by atoms with Crippen molar-refractivity contribution in [2.45, 2.75) is 0 Å². The van der Waals surface area contributed by atoms with Crippen LogP contribution >= 0.6 is 11.3 Å². The van der Waals surface area contributed by atoms with E-state index < -0.39 is 0 Å². The van der Waals surface area contributed by atoms with Gasteiger partial charge in [-0.2, -0.15) is 0 Å². The number of fused-ring (bicyclic) bond motifs is 11. The van der Waals surface area contributed by atoms with Crippen molar-refractivity contribution in [3.8, 4) is 16.8 Å². The fraction of sp³-hybridized carbons (Fsp3) is 0. The number of hydrogen-bond donors (Lipinski definition) is 0. The van der Waals surface area contributed by atoms with Gasteiger partial charge >= 0.3 is 0 Å². The molecule has 12 rings (SSSR count). The molecule has 4 heteroatoms. The van der Waals surface area contributed by atoms with Gasteiger partial charge in [0, 0.05) is 58.5 Å². The molecule has 0 amide bonds. The van der Waals surface area contributed by atoms with Crippen molar-refractivity contribution in [2.75, 3.05) is 4.90 Å². The molecule has 3 aromatic heterocycles. The van der Waals surface area contributed by atoms with Gasteiger partial charge in [-0.25, -0.2) is 0 Å². The molecule has 9 aromatic carbocycles. The first kappa shape index (κ1) is 31.2. The molecule has 12 aromatic rings. The van der Waals surface area contributed by atoms with Crippen molar-refractivity contribution >= 4 is 103 Å². The number of nitrogens with zero attached hydrogens (tertiary/aromatic N) is 2. The first-order valence-electron chi connectivity index (χ1n) is 19.0. The van der Waals surface area contributed by atoms with Gasteiger partial charge in [0.2, 0.25) is 0 Å². The Kier molecular flexibility index (Phi) is 6.80. The van der Waals surface area contributed by atoms with Crippen LogP contribution in [0.25, 0.3) is 91.5 Å². The van der Waals surface area contributed by atoms with Crippen molar-refractivity contribution < 1.29 is 4.42 Å². The predicted octanol–water partition coefficient (Wildman–Crippen LogP) is 15.3. The molecule has 0 aliphatic heterocycles. The van der Waals surface area contributed by atoms with Crippen LogP contribution in [0.15, 0.2) is 199 Å². The molecule has 0 unspecified atom stereocenters. The van der Waals surface area contributed by atoms with E-state index in [1.54, 1.807) is 0 Å². The van der Waals surface area contributed by atoms with Gasteiger partial charge in [0.25, 0.3) is 0 Å². The minimum Gasteiger partial charge on any atom is -0.453 e. The van der Waals surface area contributed by atoms with E-state index in [9.17, 15) is 0 Å². The monoisotopic (exact) mass is 732 g/mol. The molecule has 0 atom stereocenters. The Balaban J connectivity index is 1.13. The van der Waals surface area contributed by atoms with Crippen molar-refractivity contribution in [1.29, 1.82) is 0 Å². The van der Waals surface area contributed by atoms with Crippen LogP contribution in [0.3, 0.4) is 0 Å². The molecule has 262 valence electrons. The zero-order valence-electron chi connectivity index (χ0n) is 30.2. The summed E-state index contributed by atoms with van der Waals surface area (Å²) < 4.78 is 12.0. The first-order valence-corrected chi connectivity index (χ1v) is 19.8. The molecule has 3 heterocycles. The topological polar surface area (TPSA) is 21.3 Å². The second-order valence-corrected chi connectivity index (χ2v) is 15.5. The van der Waals surface area contributed by atoms with E-state index in [0.29, 0.717) is 0 Å². The van der Waals surface area contributed by atoms with Crippen LogP contribution in [0.2, 0.25) is 0 Å². The van der Waals surface area contributed by atoms with E-state index in [4.69, 9.17) is 4.42 Å². The lowest BCUT2D eigenvalue weighted by Gasteiger charge is -2.27. The Labute approximate surface area is 326 Å². The zero-order valence-corrected chi connectivity index (χ0v) is 31.0. The summed E-state index contributed by atoms with van der Waals surface area (Å²) >= 11 is 1.87. The number of anilines is 3. The van der Waals surface area contributed by atoms with Crippen LogP contribution in [0.4, 0.5) is 17.1 Å². The van der Waals surface area contributed by atoms with E-state index in [1.807, 2.05) is 11.3 Å². The number of furan rings is 1. The number of aromatic nitrogens is 1. The lowest BCUT2D eigenvalue weighted by Crippen LogP contribution is -2.10. The SMILES string of the molecule is c1ccc(-n2c3ccccc3c3c(N(c4ccc(-c5cccc6c5sc5ccccc56)cc4)c4cccc5c4oc4c6ccccc6ccc54)cccc32)cc1. The Hall–Kier alpha value is -7.14. The average molecular weight is 733 g/mol. The zero-order chi connectivity index (χ0) is 36.7. The molecule has 3 nitrogen and oxygen atoms in total. The molecule has 0 N–H and O–H groups in total. The Morgan fingerprint density at radius 2 is 1.09 bits per heavy atom. The average Bonchev–Trinajstić information content (AvgIpc) is 3.95. The summed E-state index contributed by atoms with van der Waals surface area (Å²) in [5.74, 6) is 0. The first-order chi connectivity index (χ1) is 27.8. The molecule has 0 spiro atoms. The third kappa shape index (κ3) is 4.57. The third-order valence-corrected chi connectivity index (χ3v) is 12.6. The summed E-state index contributed by atoms with van der Waals surface area (Å²) in [6.45, 7) is 0. The maximum atomic E-state index is 7.02. The highest BCUT2D eigenvalue weighted by molar-refractivity contribution is 7.26. The standard InChI is InChI=1S/C52H32N2OS/c1-2-14-35(15-3-1)53-44-22-8-6-18-43(44)49-45(53)23-12-24-46(49)54(47-25-11-20-40-41-32-29-33-13-4-5-16-37(33)50(41)55-51(40)47)36-30-27-34(28-31-36)38-19-10-21-42-39-17-7-9-26-48(39)56-52(38)42/h1-32H. The van der Waals surface area contributed by atoms with Gasteiger partial charge in [-0.3, -0.25) is 0 Å². The lowest BCUT2D eigenvalue weighted by molar-refractivity contribution is 0.673. The van der Waals surface area contributed by atoms with E-state index in [-0.39, 0.29) is 0 Å². The molecule has 0 fully saturated rings. The molecule has 0 aliphatic carbocycles. The Morgan fingerprint density at radius 3 is 1.98 bits per heavy atom. The predicted molar refractivity (Wildman–Crippen MR) is 239 cm³/mol. The maximum Gasteiger partial charge on any atom is 0.159 e. The highest BCUT2D eigenvalue weighted by atomic mass is 32.1. The molecule has 0 radical (unpaired) electrons. The van der Waals surface area contributed by atoms with Crippen molar-refractivity contribution in [3.05, 3.63) is 194 Å². The summed E-state index contributed by atoms with van der Waals surface area (Å²) in [5.41, 5.74) is 10.8. The summed E-state index contributed by atoms with van der Waals surface area (Å²) in [6, 6.07) is 70.1. The van der Waals surface area contributed by atoms with Crippen LogP contribution in [-0.4, -0.2) is 4.57 Å². The summed E-state index contributed by atoms with van der Waals surface area (Å²) in [5, 5.41) is 9.50. The normalized spacial score (nSPS) is 11.9. The highest BCUT2D eigenvalue weighted by Crippen LogP contribution is 2.48. The van der Waals surface area contributed by atoms with E-state index in [1.165, 1.54) is 53.0 Å². The van der Waals surface area contributed by atoms with Gasteiger partial charge in [0.1, 0.15) is 5.58 Å². The van der Waals surface area contributed by atoms with Gasteiger partial charge < -0.3 is 13.9 Å². The van der Waals surface area contributed by atoms with Gasteiger partial charge in [0.05, 0.1) is 22.4 Å². The molecule has 0 aliphatic rings. The molecule has 56 heavy (non-hydrogen) atoms. The number of para-hydroxylation sites is 3. The second kappa shape index (κ2) is 12.2. The quantitative estimate of drug-likeness (QED) is 0.176. The fourth-order valence-corrected chi connectivity index (χ4v) is 10.1. The summed E-state index contributed by atoms with van der Waals surface area (Å²) in [6.07, 6.45) is 0. The lowest BCUT2D eigenvalue weighted by atomic mass is 10.0. The smallest absolute Gasteiger partial charge is 0.159 e. The van der Waals surface area contributed by atoms with Gasteiger partial charge in [-0.05, 0) is 77.2 Å². The largest absolute Gasteiger partial charge is 0.453 e. The molecular weight excluding hydrogens is 701 g/mol. The van der Waals surface area contributed by atoms with Crippen LogP contribution < -0.4 is 4.90 Å². The van der Waals surface area contributed by atoms with Gasteiger partial charge in [-0.15, -0.1) is 11.3 Å². The summed E-state index contributed by atoms with van der Waals surface area (Å²) in [4.78, 5) is 2.40. The Bertz CT molecular complexity index is 3480. The number of rotatable bonds is 5. The van der Waals surface area contributed by atoms with E-state index in [0.717, 1.165) is 55.6 Å². The van der Waals surface area contributed by atoms with Crippen LogP contribution in [0.1, 0.15) is 0 Å². The van der Waals surface area contributed by atoms with Crippen LogP contribution in [-0.2, 0) is 0 Å². The molecule has 0 saturated heterocycles. The van der Waals surface area contributed by atoms with E-state index in [2.05, 4.69) is 204 Å². The minimum atomic E-state index is 0.863. The molecule has 0 saturated carbocycles. The van der Waals surface area contributed by atoms with Crippen molar-refractivity contribution in [3.63, 3.8) is 0 Å². The number of benzene rings is 9. The van der Waals surface area contributed by atoms with Gasteiger partial charge in [-0.1, -0.05) is 133 Å². The van der Waals surface area contributed by atoms with Crippen LogP contribution in [0, 0.1) is 0 Å².